The number of hydroxylamine groups is 1. The highest BCUT2D eigenvalue weighted by Crippen LogP contribution is 2.17. The summed E-state index contributed by atoms with van der Waals surface area (Å²) >= 11 is 0. The van der Waals surface area contributed by atoms with Gasteiger partial charge >= 0.3 is 5.97 Å². The molecule has 8 nitrogen and oxygen atoms in total. The van der Waals surface area contributed by atoms with Gasteiger partial charge in [0.15, 0.2) is 6.29 Å². The van der Waals surface area contributed by atoms with E-state index in [1.54, 1.807) is 7.11 Å². The summed E-state index contributed by atoms with van der Waals surface area (Å²) < 4.78 is 10.9. The summed E-state index contributed by atoms with van der Waals surface area (Å²) in [6.45, 7) is 4.50. The van der Waals surface area contributed by atoms with Crippen molar-refractivity contribution in [1.82, 2.24) is 15.3 Å². The van der Waals surface area contributed by atoms with Crippen LogP contribution in [-0.2, 0) is 38.9 Å². The van der Waals surface area contributed by atoms with Gasteiger partial charge in [-0.1, -0.05) is 72.8 Å². The minimum atomic E-state index is -0.806. The summed E-state index contributed by atoms with van der Waals surface area (Å²) in [6.07, 6.45) is 0.134. The molecule has 0 radical (unpaired) electrons. The molecule has 2 atom stereocenters. The second kappa shape index (κ2) is 15.1. The van der Waals surface area contributed by atoms with Crippen molar-refractivity contribution in [2.45, 2.75) is 38.3 Å². The molecule has 1 aliphatic rings. The van der Waals surface area contributed by atoms with Gasteiger partial charge in [0.1, 0.15) is 24.5 Å². The predicted octanol–water partition coefficient (Wildman–Crippen LogP) is 3.60. The SMILES string of the molecule is COc1ccc(CNOC(C=O)CC(C(=O)OCc2ccccc2)N2CCN(Cc3ccccc3)CC2)cc1. The number of hydrogen-bond donors (Lipinski definition) is 1. The van der Waals surface area contributed by atoms with E-state index in [-0.39, 0.29) is 19.0 Å². The zero-order chi connectivity index (χ0) is 27.3. The number of aldehydes is 1. The Morgan fingerprint density at radius 3 is 2.13 bits per heavy atom. The lowest BCUT2D eigenvalue weighted by Crippen LogP contribution is -2.54. The van der Waals surface area contributed by atoms with E-state index in [2.05, 4.69) is 27.4 Å². The number of ether oxygens (including phenoxy) is 2. The molecule has 39 heavy (non-hydrogen) atoms. The predicted molar refractivity (Wildman–Crippen MR) is 149 cm³/mol. The van der Waals surface area contributed by atoms with Crippen molar-refractivity contribution < 1.29 is 23.9 Å². The lowest BCUT2D eigenvalue weighted by atomic mass is 10.1. The zero-order valence-corrected chi connectivity index (χ0v) is 22.4. The molecular weight excluding hydrogens is 494 g/mol. The van der Waals surface area contributed by atoms with E-state index in [0.29, 0.717) is 19.6 Å². The van der Waals surface area contributed by atoms with Gasteiger partial charge in [-0.25, -0.2) is 0 Å². The molecule has 0 saturated carbocycles. The van der Waals surface area contributed by atoms with Gasteiger partial charge < -0.3 is 14.3 Å². The molecule has 206 valence electrons. The Morgan fingerprint density at radius 1 is 0.872 bits per heavy atom. The number of nitrogens with zero attached hydrogens (tertiary/aromatic N) is 2. The second-order valence-corrected chi connectivity index (χ2v) is 9.60. The summed E-state index contributed by atoms with van der Waals surface area (Å²) in [7, 11) is 1.62. The average molecular weight is 532 g/mol. The fraction of sp³-hybridized carbons (Fsp3) is 0.355. The first-order valence-electron chi connectivity index (χ1n) is 13.3. The lowest BCUT2D eigenvalue weighted by molar-refractivity contribution is -0.155. The smallest absolute Gasteiger partial charge is 0.323 e. The molecule has 1 N–H and O–H groups in total. The molecule has 0 amide bonds. The normalized spacial score (nSPS) is 15.8. The second-order valence-electron chi connectivity index (χ2n) is 9.60. The maximum Gasteiger partial charge on any atom is 0.323 e. The molecule has 2 unspecified atom stereocenters. The highest BCUT2D eigenvalue weighted by atomic mass is 16.7. The number of esters is 1. The van der Waals surface area contributed by atoms with Crippen molar-refractivity contribution in [2.24, 2.45) is 0 Å². The molecule has 0 aliphatic carbocycles. The maximum absolute atomic E-state index is 13.3. The number of rotatable bonds is 14. The minimum Gasteiger partial charge on any atom is -0.497 e. The lowest BCUT2D eigenvalue weighted by Gasteiger charge is -2.38. The molecule has 3 aromatic rings. The summed E-state index contributed by atoms with van der Waals surface area (Å²) in [5.41, 5.74) is 6.04. The van der Waals surface area contributed by atoms with E-state index in [0.717, 1.165) is 42.8 Å². The van der Waals surface area contributed by atoms with Gasteiger partial charge in [-0.3, -0.25) is 19.4 Å². The quantitative estimate of drug-likeness (QED) is 0.192. The Balaban J connectivity index is 1.35. The van der Waals surface area contributed by atoms with Crippen molar-refractivity contribution in [2.75, 3.05) is 33.3 Å². The van der Waals surface area contributed by atoms with Gasteiger partial charge in [-0.05, 0) is 28.8 Å². The van der Waals surface area contributed by atoms with E-state index in [4.69, 9.17) is 14.3 Å². The Hall–Kier alpha value is -3.56. The number of carbonyl (C=O) groups is 2. The van der Waals surface area contributed by atoms with Gasteiger partial charge in [-0.2, -0.15) is 5.48 Å². The number of nitrogens with one attached hydrogen (secondary N) is 1. The third kappa shape index (κ3) is 9.01. The minimum absolute atomic E-state index is 0.187. The number of piperazine rings is 1. The first-order valence-corrected chi connectivity index (χ1v) is 13.3. The van der Waals surface area contributed by atoms with Crippen molar-refractivity contribution in [3.63, 3.8) is 0 Å². The third-order valence-corrected chi connectivity index (χ3v) is 6.87. The fourth-order valence-electron chi connectivity index (χ4n) is 4.62. The van der Waals surface area contributed by atoms with Crippen LogP contribution in [0.2, 0.25) is 0 Å². The number of hydrogen-bond acceptors (Lipinski definition) is 8. The fourth-order valence-corrected chi connectivity index (χ4v) is 4.62. The van der Waals surface area contributed by atoms with Gasteiger partial charge in [0, 0.05) is 45.7 Å². The van der Waals surface area contributed by atoms with Gasteiger partial charge in [0.2, 0.25) is 0 Å². The molecule has 0 spiro atoms. The van der Waals surface area contributed by atoms with Gasteiger partial charge in [-0.15, -0.1) is 0 Å². The Kier molecular flexibility index (Phi) is 11.0. The van der Waals surface area contributed by atoms with Crippen LogP contribution in [0.1, 0.15) is 23.1 Å². The molecule has 4 rings (SSSR count). The van der Waals surface area contributed by atoms with Crippen LogP contribution in [0, 0.1) is 0 Å². The maximum atomic E-state index is 13.3. The van der Waals surface area contributed by atoms with Crippen molar-refractivity contribution in [3.8, 4) is 5.75 Å². The van der Waals surface area contributed by atoms with Crippen LogP contribution in [0.5, 0.6) is 5.75 Å². The molecule has 1 fully saturated rings. The highest BCUT2D eigenvalue weighted by Gasteiger charge is 2.33. The molecule has 0 aromatic heterocycles. The molecular formula is C31H37N3O5. The largest absolute Gasteiger partial charge is 0.497 e. The van der Waals surface area contributed by atoms with E-state index >= 15 is 0 Å². The number of carbonyl (C=O) groups excluding carboxylic acids is 2. The van der Waals surface area contributed by atoms with Crippen LogP contribution in [0.3, 0.4) is 0 Å². The monoisotopic (exact) mass is 531 g/mol. The molecule has 3 aromatic carbocycles. The van der Waals surface area contributed by atoms with E-state index < -0.39 is 12.1 Å². The van der Waals surface area contributed by atoms with Crippen molar-refractivity contribution >= 4 is 12.3 Å². The van der Waals surface area contributed by atoms with Crippen LogP contribution < -0.4 is 10.2 Å². The summed E-state index contributed by atoms with van der Waals surface area (Å²) in [5, 5.41) is 0. The average Bonchev–Trinajstić information content (AvgIpc) is 2.99. The molecule has 1 saturated heterocycles. The topological polar surface area (TPSA) is 80.3 Å². The molecule has 8 heteroatoms. The van der Waals surface area contributed by atoms with Crippen LogP contribution in [0.4, 0.5) is 0 Å². The van der Waals surface area contributed by atoms with Crippen molar-refractivity contribution in [3.05, 3.63) is 102 Å². The highest BCUT2D eigenvalue weighted by molar-refractivity contribution is 5.76. The van der Waals surface area contributed by atoms with Crippen LogP contribution in [0.25, 0.3) is 0 Å². The van der Waals surface area contributed by atoms with Crippen LogP contribution in [0.15, 0.2) is 84.9 Å². The van der Waals surface area contributed by atoms with Crippen molar-refractivity contribution in [1.29, 1.82) is 0 Å². The van der Waals surface area contributed by atoms with Gasteiger partial charge in [0.05, 0.1) is 7.11 Å². The van der Waals surface area contributed by atoms with Crippen LogP contribution >= 0.6 is 0 Å². The standard InChI is InChI=1S/C31H37N3O5/c1-37-28-14-12-25(13-15-28)21-32-39-29(23-35)20-30(31(36)38-24-27-10-6-3-7-11-27)34-18-16-33(17-19-34)22-26-8-4-2-5-9-26/h2-15,23,29-30,32H,16-22,24H2,1H3. The first kappa shape index (κ1) is 28.4. The molecule has 0 bridgehead atoms. The third-order valence-electron chi connectivity index (χ3n) is 6.87. The Labute approximate surface area is 230 Å². The summed E-state index contributed by atoms with van der Waals surface area (Å²) in [5.74, 6) is 0.423. The van der Waals surface area contributed by atoms with E-state index in [1.807, 2.05) is 72.8 Å². The first-order chi connectivity index (χ1) is 19.1. The van der Waals surface area contributed by atoms with Crippen LogP contribution in [-0.4, -0.2) is 67.5 Å². The van der Waals surface area contributed by atoms with E-state index in [1.165, 1.54) is 5.56 Å². The Morgan fingerprint density at radius 2 is 1.51 bits per heavy atom. The molecule has 1 heterocycles. The number of benzene rings is 3. The zero-order valence-electron chi connectivity index (χ0n) is 22.4. The summed E-state index contributed by atoms with van der Waals surface area (Å²) in [6, 6.07) is 26.9. The van der Waals surface area contributed by atoms with Gasteiger partial charge in [0.25, 0.3) is 0 Å². The van der Waals surface area contributed by atoms with E-state index in [9.17, 15) is 9.59 Å². The summed E-state index contributed by atoms with van der Waals surface area (Å²) in [4.78, 5) is 35.4. The molecule has 1 aliphatic heterocycles. The Bertz CT molecular complexity index is 1140. The number of methoxy groups -OCH3 is 1.